The molecule has 1 aliphatic heterocycles. The van der Waals surface area contributed by atoms with Gasteiger partial charge in [-0.05, 0) is 55.4 Å². The third kappa shape index (κ3) is 7.62. The van der Waals surface area contributed by atoms with Crippen molar-refractivity contribution in [2.24, 2.45) is 10.9 Å². The SMILES string of the molecule is CN=C(NCCS(=O)c1ccccc1)NCC(c1cccs1)N1CCC(C)CC1.I. The number of benzene rings is 1. The molecule has 1 saturated heterocycles. The second kappa shape index (κ2) is 13.4. The van der Waals surface area contributed by atoms with Crippen LogP contribution in [0.15, 0.2) is 57.7 Å². The van der Waals surface area contributed by atoms with Crippen LogP contribution in [0, 0.1) is 5.92 Å². The Hall–Kier alpha value is -0.970. The Labute approximate surface area is 204 Å². The number of halogens is 1. The van der Waals surface area contributed by atoms with Gasteiger partial charge in [0.05, 0.1) is 16.8 Å². The molecule has 2 atom stereocenters. The zero-order valence-corrected chi connectivity index (χ0v) is 21.7. The van der Waals surface area contributed by atoms with Crippen molar-refractivity contribution in [3.63, 3.8) is 0 Å². The van der Waals surface area contributed by atoms with Gasteiger partial charge in [-0.15, -0.1) is 35.3 Å². The van der Waals surface area contributed by atoms with Crippen LogP contribution < -0.4 is 10.6 Å². The van der Waals surface area contributed by atoms with Gasteiger partial charge in [0.25, 0.3) is 0 Å². The Kier molecular flexibility index (Phi) is 11.3. The molecular weight excluding hydrogens is 527 g/mol. The second-order valence-electron chi connectivity index (χ2n) is 7.49. The number of thiophene rings is 1. The van der Waals surface area contributed by atoms with Crippen LogP contribution in [-0.2, 0) is 10.8 Å². The quantitative estimate of drug-likeness (QED) is 0.290. The Balaban J connectivity index is 0.00000320. The molecule has 166 valence electrons. The monoisotopic (exact) mass is 560 g/mol. The fourth-order valence-electron chi connectivity index (χ4n) is 3.60. The maximum atomic E-state index is 12.4. The Morgan fingerprint density at radius 2 is 1.93 bits per heavy atom. The van der Waals surface area contributed by atoms with Crippen molar-refractivity contribution >= 4 is 52.1 Å². The number of aliphatic imine (C=N–C) groups is 1. The first kappa shape index (κ1) is 25.3. The molecule has 1 aromatic carbocycles. The summed E-state index contributed by atoms with van der Waals surface area (Å²) in [6.45, 7) is 6.07. The number of likely N-dealkylation sites (tertiary alicyclic amines) is 1. The molecule has 1 aliphatic rings. The van der Waals surface area contributed by atoms with Crippen LogP contribution in [0.1, 0.15) is 30.7 Å². The first-order valence-corrected chi connectivity index (χ1v) is 12.5. The normalized spacial score (nSPS) is 17.7. The zero-order chi connectivity index (χ0) is 20.5. The average molecular weight is 561 g/mol. The van der Waals surface area contributed by atoms with Gasteiger partial charge >= 0.3 is 0 Å². The van der Waals surface area contributed by atoms with Gasteiger partial charge in [0.15, 0.2) is 5.96 Å². The molecule has 2 aromatic rings. The molecule has 0 saturated carbocycles. The molecule has 0 bridgehead atoms. The molecule has 2 N–H and O–H groups in total. The van der Waals surface area contributed by atoms with Gasteiger partial charge in [0, 0.05) is 35.7 Å². The fraction of sp³-hybridized carbons (Fsp3) is 0.500. The van der Waals surface area contributed by atoms with E-state index in [0.717, 1.165) is 36.4 Å². The van der Waals surface area contributed by atoms with E-state index in [-0.39, 0.29) is 24.0 Å². The number of guanidine groups is 1. The van der Waals surface area contributed by atoms with Crippen LogP contribution in [0.4, 0.5) is 0 Å². The molecule has 0 amide bonds. The summed E-state index contributed by atoms with van der Waals surface area (Å²) in [5.74, 6) is 2.15. The van der Waals surface area contributed by atoms with Gasteiger partial charge in [0.2, 0.25) is 0 Å². The molecule has 5 nitrogen and oxygen atoms in total. The molecule has 8 heteroatoms. The van der Waals surface area contributed by atoms with Crippen LogP contribution >= 0.6 is 35.3 Å². The van der Waals surface area contributed by atoms with Crippen molar-refractivity contribution in [3.8, 4) is 0 Å². The highest BCUT2D eigenvalue weighted by Crippen LogP contribution is 2.29. The van der Waals surface area contributed by atoms with Crippen molar-refractivity contribution < 1.29 is 4.21 Å². The second-order valence-corrected chi connectivity index (χ2v) is 10.0. The van der Waals surface area contributed by atoms with Crippen molar-refractivity contribution in [1.82, 2.24) is 15.5 Å². The molecule has 30 heavy (non-hydrogen) atoms. The summed E-state index contributed by atoms with van der Waals surface area (Å²) in [5.41, 5.74) is 0. The summed E-state index contributed by atoms with van der Waals surface area (Å²) in [7, 11) is 0.786. The predicted molar refractivity (Wildman–Crippen MR) is 140 cm³/mol. The summed E-state index contributed by atoms with van der Waals surface area (Å²) >= 11 is 1.82. The molecule has 1 aromatic heterocycles. The van der Waals surface area contributed by atoms with Crippen LogP contribution in [0.25, 0.3) is 0 Å². The number of nitrogens with one attached hydrogen (secondary N) is 2. The number of nitrogens with zero attached hydrogens (tertiary/aromatic N) is 2. The van der Waals surface area contributed by atoms with E-state index in [1.807, 2.05) is 41.7 Å². The molecule has 2 unspecified atom stereocenters. The molecule has 0 aliphatic carbocycles. The lowest BCUT2D eigenvalue weighted by Gasteiger charge is -2.36. The summed E-state index contributed by atoms with van der Waals surface area (Å²) in [5, 5.41) is 8.95. The van der Waals surface area contributed by atoms with Gasteiger partial charge in [-0.1, -0.05) is 31.2 Å². The maximum absolute atomic E-state index is 12.4. The fourth-order valence-corrected chi connectivity index (χ4v) is 5.44. The van der Waals surface area contributed by atoms with Gasteiger partial charge in [-0.3, -0.25) is 14.1 Å². The van der Waals surface area contributed by atoms with Crippen molar-refractivity contribution in [2.75, 3.05) is 39.0 Å². The minimum absolute atomic E-state index is 0. The molecule has 1 fully saturated rings. The van der Waals surface area contributed by atoms with Crippen LogP contribution in [0.5, 0.6) is 0 Å². The lowest BCUT2D eigenvalue weighted by atomic mass is 9.97. The van der Waals surface area contributed by atoms with Gasteiger partial charge in [-0.2, -0.15) is 0 Å². The van der Waals surface area contributed by atoms with E-state index in [1.165, 1.54) is 17.7 Å². The Bertz CT molecular complexity index is 778. The number of rotatable bonds is 8. The van der Waals surface area contributed by atoms with Crippen LogP contribution in [0.2, 0.25) is 0 Å². The number of hydrogen-bond acceptors (Lipinski definition) is 4. The van der Waals surface area contributed by atoms with E-state index < -0.39 is 10.8 Å². The molecule has 2 heterocycles. The van der Waals surface area contributed by atoms with Crippen molar-refractivity contribution in [2.45, 2.75) is 30.7 Å². The maximum Gasteiger partial charge on any atom is 0.191 e. The molecule has 0 spiro atoms. The standard InChI is InChI=1S/C22H32N4OS2.HI/c1-18-10-13-26(14-11-18)20(21-9-6-15-28-21)17-25-22(23-2)24-12-16-29(27)19-7-4-3-5-8-19;/h3-9,15,18,20H,10-14,16-17H2,1-2H3,(H2,23,24,25);1H. The van der Waals surface area contributed by atoms with Crippen LogP contribution in [0.3, 0.4) is 0 Å². The van der Waals surface area contributed by atoms with E-state index in [0.29, 0.717) is 18.3 Å². The number of piperidine rings is 1. The van der Waals surface area contributed by atoms with E-state index in [2.05, 4.69) is 45.0 Å². The largest absolute Gasteiger partial charge is 0.355 e. The van der Waals surface area contributed by atoms with Crippen molar-refractivity contribution in [1.29, 1.82) is 0 Å². The van der Waals surface area contributed by atoms with E-state index in [9.17, 15) is 4.21 Å². The minimum Gasteiger partial charge on any atom is -0.355 e. The topological polar surface area (TPSA) is 56.7 Å². The highest BCUT2D eigenvalue weighted by Gasteiger charge is 2.25. The summed E-state index contributed by atoms with van der Waals surface area (Å²) in [6, 6.07) is 14.3. The van der Waals surface area contributed by atoms with Crippen molar-refractivity contribution in [3.05, 3.63) is 52.7 Å². The first-order valence-electron chi connectivity index (χ1n) is 10.3. The number of hydrogen-bond donors (Lipinski definition) is 2. The zero-order valence-electron chi connectivity index (χ0n) is 17.8. The molecule has 3 rings (SSSR count). The summed E-state index contributed by atoms with van der Waals surface area (Å²) in [4.78, 5) is 9.21. The summed E-state index contributed by atoms with van der Waals surface area (Å²) in [6.07, 6.45) is 2.53. The average Bonchev–Trinajstić information content (AvgIpc) is 3.29. The lowest BCUT2D eigenvalue weighted by Crippen LogP contribution is -2.45. The molecular formula is C22H33IN4OS2. The Morgan fingerprint density at radius 3 is 2.57 bits per heavy atom. The Morgan fingerprint density at radius 1 is 1.20 bits per heavy atom. The minimum atomic E-state index is -0.998. The van der Waals surface area contributed by atoms with Gasteiger partial charge < -0.3 is 10.6 Å². The third-order valence-electron chi connectivity index (χ3n) is 5.40. The van der Waals surface area contributed by atoms with Gasteiger partial charge in [0.1, 0.15) is 0 Å². The van der Waals surface area contributed by atoms with Crippen LogP contribution in [-0.4, -0.2) is 54.0 Å². The molecule has 0 radical (unpaired) electrons. The third-order valence-corrected chi connectivity index (χ3v) is 7.75. The summed E-state index contributed by atoms with van der Waals surface area (Å²) < 4.78 is 12.4. The van der Waals surface area contributed by atoms with E-state index in [1.54, 1.807) is 7.05 Å². The van der Waals surface area contributed by atoms with E-state index >= 15 is 0 Å². The van der Waals surface area contributed by atoms with Gasteiger partial charge in [-0.25, -0.2) is 0 Å². The first-order chi connectivity index (χ1) is 14.2. The highest BCUT2D eigenvalue weighted by atomic mass is 127. The smallest absolute Gasteiger partial charge is 0.191 e. The highest BCUT2D eigenvalue weighted by molar-refractivity contribution is 14.0. The predicted octanol–water partition coefficient (Wildman–Crippen LogP) is 4.11. The van der Waals surface area contributed by atoms with E-state index in [4.69, 9.17) is 0 Å². The lowest BCUT2D eigenvalue weighted by molar-refractivity contribution is 0.140.